The molecule has 6 heteroatoms. The maximum Gasteiger partial charge on any atom is 0.326 e. The van der Waals surface area contributed by atoms with Gasteiger partial charge in [0.25, 0.3) is 5.91 Å². The maximum absolute atomic E-state index is 12.7. The fraction of sp³-hybridized carbons (Fsp3) is 0.182. The van der Waals surface area contributed by atoms with Crippen LogP contribution in [0.1, 0.15) is 16.9 Å². The van der Waals surface area contributed by atoms with Crippen molar-refractivity contribution >= 4 is 11.9 Å². The monoisotopic (exact) mass is 238 g/mol. The van der Waals surface area contributed by atoms with E-state index in [1.807, 2.05) is 0 Å². The second-order valence-electron chi connectivity index (χ2n) is 3.23. The maximum atomic E-state index is 12.7. The standard InChI is InChI=1S/C11H11FN2O3/c1-2-4-8(11(16)17)14-10(15)7-5-3-6-9(12)13-7/h2-3,5-6,8H,1,4H2,(H,14,15)(H,16,17). The van der Waals surface area contributed by atoms with Crippen LogP contribution < -0.4 is 5.32 Å². The lowest BCUT2D eigenvalue weighted by atomic mass is 10.2. The Morgan fingerprint density at radius 3 is 2.82 bits per heavy atom. The van der Waals surface area contributed by atoms with Crippen LogP contribution in [0, 0.1) is 5.95 Å². The van der Waals surface area contributed by atoms with Gasteiger partial charge in [-0.2, -0.15) is 4.39 Å². The quantitative estimate of drug-likeness (QED) is 0.592. The van der Waals surface area contributed by atoms with E-state index in [-0.39, 0.29) is 12.1 Å². The number of hydrogen-bond acceptors (Lipinski definition) is 3. The molecule has 90 valence electrons. The Morgan fingerprint density at radius 2 is 2.29 bits per heavy atom. The number of carboxylic acid groups (broad SMARTS) is 1. The summed E-state index contributed by atoms with van der Waals surface area (Å²) in [5.41, 5.74) is -0.166. The minimum Gasteiger partial charge on any atom is -0.480 e. The Bertz CT molecular complexity index is 448. The number of carbonyl (C=O) groups excluding carboxylic acids is 1. The van der Waals surface area contributed by atoms with E-state index in [0.717, 1.165) is 6.07 Å². The second-order valence-corrected chi connectivity index (χ2v) is 3.23. The third-order valence-electron chi connectivity index (χ3n) is 1.95. The van der Waals surface area contributed by atoms with Crippen LogP contribution >= 0.6 is 0 Å². The third-order valence-corrected chi connectivity index (χ3v) is 1.95. The first-order valence-corrected chi connectivity index (χ1v) is 4.81. The summed E-state index contributed by atoms with van der Waals surface area (Å²) in [4.78, 5) is 25.7. The van der Waals surface area contributed by atoms with Crippen molar-refractivity contribution in [1.82, 2.24) is 10.3 Å². The van der Waals surface area contributed by atoms with Gasteiger partial charge in [-0.25, -0.2) is 9.78 Å². The van der Waals surface area contributed by atoms with Crippen LogP contribution in [0.4, 0.5) is 4.39 Å². The fourth-order valence-corrected chi connectivity index (χ4v) is 1.16. The van der Waals surface area contributed by atoms with Gasteiger partial charge in [0.2, 0.25) is 5.95 Å². The first kappa shape index (κ1) is 12.8. The van der Waals surface area contributed by atoms with Crippen molar-refractivity contribution < 1.29 is 19.1 Å². The number of carbonyl (C=O) groups is 2. The summed E-state index contributed by atoms with van der Waals surface area (Å²) < 4.78 is 12.7. The molecule has 0 saturated heterocycles. The normalized spacial score (nSPS) is 11.6. The number of nitrogens with one attached hydrogen (secondary N) is 1. The van der Waals surface area contributed by atoms with Crippen molar-refractivity contribution in [2.45, 2.75) is 12.5 Å². The summed E-state index contributed by atoms with van der Waals surface area (Å²) in [6, 6.07) is 2.62. The van der Waals surface area contributed by atoms with Gasteiger partial charge in [-0.15, -0.1) is 6.58 Å². The summed E-state index contributed by atoms with van der Waals surface area (Å²) in [5.74, 6) is -2.72. The van der Waals surface area contributed by atoms with E-state index in [1.165, 1.54) is 18.2 Å². The van der Waals surface area contributed by atoms with Crippen molar-refractivity contribution in [1.29, 1.82) is 0 Å². The lowest BCUT2D eigenvalue weighted by Crippen LogP contribution is -2.40. The van der Waals surface area contributed by atoms with E-state index < -0.39 is 23.9 Å². The SMILES string of the molecule is C=CCC(NC(=O)c1cccc(F)n1)C(=O)O. The molecule has 1 unspecified atom stereocenters. The molecule has 0 aliphatic carbocycles. The highest BCUT2D eigenvalue weighted by molar-refractivity contribution is 5.94. The van der Waals surface area contributed by atoms with Crippen molar-refractivity contribution in [3.63, 3.8) is 0 Å². The molecular weight excluding hydrogens is 227 g/mol. The Hall–Kier alpha value is -2.24. The Kier molecular flexibility index (Phi) is 4.33. The van der Waals surface area contributed by atoms with Crippen molar-refractivity contribution in [2.24, 2.45) is 0 Å². The van der Waals surface area contributed by atoms with Gasteiger partial charge in [0.1, 0.15) is 11.7 Å². The van der Waals surface area contributed by atoms with Gasteiger partial charge >= 0.3 is 5.97 Å². The highest BCUT2D eigenvalue weighted by atomic mass is 19.1. The summed E-state index contributed by atoms with van der Waals surface area (Å²) in [6.45, 7) is 3.39. The van der Waals surface area contributed by atoms with Crippen LogP contribution in [0.2, 0.25) is 0 Å². The number of carboxylic acids is 1. The van der Waals surface area contributed by atoms with Crippen LogP contribution in [0.5, 0.6) is 0 Å². The van der Waals surface area contributed by atoms with E-state index in [9.17, 15) is 14.0 Å². The first-order valence-electron chi connectivity index (χ1n) is 4.81. The molecule has 5 nitrogen and oxygen atoms in total. The molecule has 2 N–H and O–H groups in total. The van der Waals surface area contributed by atoms with Gasteiger partial charge in [0, 0.05) is 0 Å². The van der Waals surface area contributed by atoms with E-state index in [1.54, 1.807) is 0 Å². The number of aromatic nitrogens is 1. The lowest BCUT2D eigenvalue weighted by molar-refractivity contribution is -0.139. The van der Waals surface area contributed by atoms with E-state index in [0.29, 0.717) is 0 Å². The molecule has 1 rings (SSSR count). The van der Waals surface area contributed by atoms with E-state index in [2.05, 4.69) is 16.9 Å². The zero-order valence-electron chi connectivity index (χ0n) is 8.89. The Labute approximate surface area is 97.0 Å². The number of pyridine rings is 1. The molecule has 0 radical (unpaired) electrons. The molecule has 17 heavy (non-hydrogen) atoms. The Balaban J connectivity index is 2.77. The number of amides is 1. The van der Waals surface area contributed by atoms with Crippen molar-refractivity contribution in [3.8, 4) is 0 Å². The van der Waals surface area contributed by atoms with Gasteiger partial charge < -0.3 is 10.4 Å². The average Bonchev–Trinajstić information content (AvgIpc) is 2.28. The number of rotatable bonds is 5. The highest BCUT2D eigenvalue weighted by Crippen LogP contribution is 2.00. The van der Waals surface area contributed by atoms with Crippen LogP contribution in [-0.2, 0) is 4.79 Å². The minimum atomic E-state index is -1.19. The summed E-state index contributed by atoms with van der Waals surface area (Å²) in [6.07, 6.45) is 1.45. The highest BCUT2D eigenvalue weighted by Gasteiger charge is 2.19. The van der Waals surface area contributed by atoms with Gasteiger partial charge in [0.15, 0.2) is 0 Å². The van der Waals surface area contributed by atoms with E-state index >= 15 is 0 Å². The van der Waals surface area contributed by atoms with Crippen molar-refractivity contribution in [2.75, 3.05) is 0 Å². The predicted octanol–water partition coefficient (Wildman–Crippen LogP) is 0.980. The predicted molar refractivity (Wildman–Crippen MR) is 57.9 cm³/mol. The molecule has 1 aromatic rings. The van der Waals surface area contributed by atoms with Crippen LogP contribution in [0.15, 0.2) is 30.9 Å². The summed E-state index contributed by atoms with van der Waals surface area (Å²) >= 11 is 0. The zero-order chi connectivity index (χ0) is 12.8. The van der Waals surface area contributed by atoms with Crippen LogP contribution in [-0.4, -0.2) is 28.0 Å². The fourth-order valence-electron chi connectivity index (χ4n) is 1.16. The van der Waals surface area contributed by atoms with Gasteiger partial charge in [-0.05, 0) is 18.6 Å². The first-order chi connectivity index (χ1) is 8.04. The van der Waals surface area contributed by atoms with Crippen molar-refractivity contribution in [3.05, 3.63) is 42.5 Å². The van der Waals surface area contributed by atoms with Gasteiger partial charge in [0.05, 0.1) is 0 Å². The molecule has 0 spiro atoms. The largest absolute Gasteiger partial charge is 0.480 e. The lowest BCUT2D eigenvalue weighted by Gasteiger charge is -2.11. The molecule has 1 amide bonds. The summed E-state index contributed by atoms with van der Waals surface area (Å²) in [5, 5.41) is 11.0. The Morgan fingerprint density at radius 1 is 1.59 bits per heavy atom. The van der Waals surface area contributed by atoms with Gasteiger partial charge in [-0.1, -0.05) is 12.1 Å². The molecule has 0 saturated carbocycles. The molecule has 0 aliphatic rings. The van der Waals surface area contributed by atoms with Crippen LogP contribution in [0.3, 0.4) is 0 Å². The summed E-state index contributed by atoms with van der Waals surface area (Å²) in [7, 11) is 0. The molecule has 0 aromatic carbocycles. The molecule has 1 heterocycles. The minimum absolute atomic E-state index is 0.0798. The average molecular weight is 238 g/mol. The smallest absolute Gasteiger partial charge is 0.326 e. The second kappa shape index (κ2) is 5.74. The third kappa shape index (κ3) is 3.67. The topological polar surface area (TPSA) is 79.3 Å². The molecule has 0 aliphatic heterocycles. The molecule has 0 fully saturated rings. The number of nitrogens with zero attached hydrogens (tertiary/aromatic N) is 1. The molecule has 1 atom stereocenters. The van der Waals surface area contributed by atoms with E-state index in [4.69, 9.17) is 5.11 Å². The number of halogens is 1. The zero-order valence-corrected chi connectivity index (χ0v) is 8.89. The molecular formula is C11H11FN2O3. The number of aliphatic carboxylic acids is 1. The molecule has 1 aromatic heterocycles. The molecule has 0 bridgehead atoms. The number of hydrogen-bond donors (Lipinski definition) is 2. The van der Waals surface area contributed by atoms with Gasteiger partial charge in [-0.3, -0.25) is 4.79 Å². The van der Waals surface area contributed by atoms with Crippen LogP contribution in [0.25, 0.3) is 0 Å².